The van der Waals surface area contributed by atoms with E-state index in [1.54, 1.807) is 37.3 Å². The van der Waals surface area contributed by atoms with Crippen molar-refractivity contribution in [1.82, 2.24) is 15.0 Å². The largest absolute Gasteiger partial charge is 0.494 e. The zero-order chi connectivity index (χ0) is 28.9. The van der Waals surface area contributed by atoms with Gasteiger partial charge in [-0.15, -0.1) is 0 Å². The van der Waals surface area contributed by atoms with Gasteiger partial charge < -0.3 is 10.1 Å². The fourth-order valence-electron chi connectivity index (χ4n) is 4.48. The van der Waals surface area contributed by atoms with Crippen molar-refractivity contribution in [2.45, 2.75) is 38.1 Å². The van der Waals surface area contributed by atoms with E-state index in [-0.39, 0.29) is 16.9 Å². The van der Waals surface area contributed by atoms with E-state index < -0.39 is 33.7 Å². The van der Waals surface area contributed by atoms with Gasteiger partial charge in [0.1, 0.15) is 17.4 Å². The first-order valence-corrected chi connectivity index (χ1v) is 14.1. The number of rotatable bonds is 9. The molecule has 1 heterocycles. The van der Waals surface area contributed by atoms with Crippen molar-refractivity contribution in [2.75, 3.05) is 6.61 Å². The van der Waals surface area contributed by atoms with Gasteiger partial charge in [-0.1, -0.05) is 30.3 Å². The highest BCUT2D eigenvalue weighted by atomic mass is 32.2. The van der Waals surface area contributed by atoms with Crippen molar-refractivity contribution in [3.63, 3.8) is 0 Å². The number of hydrogen-bond donors (Lipinski definition) is 2. The van der Waals surface area contributed by atoms with Gasteiger partial charge in [-0.05, 0) is 85.8 Å². The molecule has 0 fully saturated rings. The molecule has 3 aromatic carbocycles. The van der Waals surface area contributed by atoms with E-state index in [1.165, 1.54) is 12.3 Å². The molecule has 1 aromatic heterocycles. The first kappa shape index (κ1) is 28.7. The third-order valence-corrected chi connectivity index (χ3v) is 7.72. The highest BCUT2D eigenvalue weighted by Gasteiger charge is 2.25. The molecule has 0 unspecified atom stereocenters. The highest BCUT2D eigenvalue weighted by Crippen LogP contribution is 2.32. The van der Waals surface area contributed by atoms with Crippen LogP contribution < -0.4 is 14.8 Å². The molecule has 0 aliphatic rings. The van der Waals surface area contributed by atoms with Crippen molar-refractivity contribution in [3.8, 4) is 16.9 Å². The van der Waals surface area contributed by atoms with Crippen LogP contribution in [0, 0.1) is 25.5 Å². The van der Waals surface area contributed by atoms with Crippen LogP contribution in [0.4, 0.5) is 13.6 Å². The Bertz CT molecular complexity index is 1620. The smallest absolute Gasteiger partial charge is 0.329 e. The molecule has 1 atom stereocenters. The molecule has 2 N–H and O–H groups in total. The van der Waals surface area contributed by atoms with Crippen molar-refractivity contribution in [2.24, 2.45) is 0 Å². The number of nitrogens with one attached hydrogen (secondary N) is 2. The van der Waals surface area contributed by atoms with Gasteiger partial charge in [-0.2, -0.15) is 0 Å². The van der Waals surface area contributed by atoms with Crippen LogP contribution in [0.25, 0.3) is 11.1 Å². The average Bonchev–Trinajstić information content (AvgIpc) is 2.89. The lowest BCUT2D eigenvalue weighted by atomic mass is 9.94. The molecule has 208 valence electrons. The van der Waals surface area contributed by atoms with Crippen molar-refractivity contribution >= 4 is 16.1 Å². The Morgan fingerprint density at radius 1 is 0.950 bits per heavy atom. The second kappa shape index (κ2) is 12.3. The second-order valence-electron chi connectivity index (χ2n) is 9.23. The number of aromatic nitrogens is 1. The number of carbonyl (C=O) groups is 1. The average molecular weight is 566 g/mol. The standard InChI is InChI=1S/C30H29F2N3O4S/c1-4-39-27-12-11-22(14-20(27)3)25-9-7-13-33-29(25)26(17-21-15-23(31)18-24(32)16-21)34-30(36)35-40(37,38)28-10-6-5-8-19(28)2/h5-16,18,26H,4,17H2,1-3H3,(H2,34,35,36)/t26-/m0/s1. The zero-order valence-corrected chi connectivity index (χ0v) is 23.1. The fraction of sp³-hybridized carbons (Fsp3) is 0.200. The third kappa shape index (κ3) is 6.81. The quantitative estimate of drug-likeness (QED) is 0.259. The van der Waals surface area contributed by atoms with E-state index in [2.05, 4.69) is 10.3 Å². The number of carbonyl (C=O) groups excluding carboxylic acids is 1. The lowest BCUT2D eigenvalue weighted by Crippen LogP contribution is -2.42. The Labute approximate surface area is 232 Å². The number of sulfonamides is 1. The molecule has 40 heavy (non-hydrogen) atoms. The summed E-state index contributed by atoms with van der Waals surface area (Å²) in [5, 5.41) is 2.66. The summed E-state index contributed by atoms with van der Waals surface area (Å²) >= 11 is 0. The number of ether oxygens (including phenoxy) is 1. The molecule has 7 nitrogen and oxygen atoms in total. The van der Waals surface area contributed by atoms with Gasteiger partial charge in [0.05, 0.1) is 23.2 Å². The molecule has 0 spiro atoms. The van der Waals surface area contributed by atoms with Crippen LogP contribution in [0.3, 0.4) is 0 Å². The highest BCUT2D eigenvalue weighted by molar-refractivity contribution is 7.90. The molecule has 4 aromatic rings. The van der Waals surface area contributed by atoms with Crippen LogP contribution in [0.15, 0.2) is 83.9 Å². The van der Waals surface area contributed by atoms with Crippen molar-refractivity contribution in [1.29, 1.82) is 0 Å². The van der Waals surface area contributed by atoms with Crippen molar-refractivity contribution < 1.29 is 26.7 Å². The molecular weight excluding hydrogens is 536 g/mol. The van der Waals surface area contributed by atoms with E-state index in [0.29, 0.717) is 23.4 Å². The maximum absolute atomic E-state index is 14.0. The Morgan fingerprint density at radius 2 is 1.68 bits per heavy atom. The minimum atomic E-state index is -4.20. The maximum Gasteiger partial charge on any atom is 0.329 e. The van der Waals surface area contributed by atoms with E-state index in [4.69, 9.17) is 4.74 Å². The summed E-state index contributed by atoms with van der Waals surface area (Å²) in [5.41, 5.74) is 3.41. The molecule has 10 heteroatoms. The SMILES string of the molecule is CCOc1ccc(-c2cccnc2[C@H](Cc2cc(F)cc(F)c2)NC(=O)NS(=O)(=O)c2ccccc2C)cc1C. The second-order valence-corrected chi connectivity index (χ2v) is 10.9. The summed E-state index contributed by atoms with van der Waals surface area (Å²) in [6, 6.07) is 16.5. The number of aryl methyl sites for hydroxylation is 2. The molecular formula is C30H29F2N3O4S. The minimum absolute atomic E-state index is 0.0442. The summed E-state index contributed by atoms with van der Waals surface area (Å²) in [6.45, 7) is 5.92. The van der Waals surface area contributed by atoms with Crippen LogP contribution in [-0.2, 0) is 16.4 Å². The first-order chi connectivity index (χ1) is 19.1. The number of pyridine rings is 1. The predicted octanol–water partition coefficient (Wildman–Crippen LogP) is 6.01. The Balaban J connectivity index is 1.72. The van der Waals surface area contributed by atoms with Crippen LogP contribution >= 0.6 is 0 Å². The number of hydrogen-bond acceptors (Lipinski definition) is 5. The van der Waals surface area contributed by atoms with Gasteiger partial charge in [0.25, 0.3) is 10.0 Å². The lowest BCUT2D eigenvalue weighted by Gasteiger charge is -2.22. The Morgan fingerprint density at radius 3 is 2.35 bits per heavy atom. The number of nitrogens with zero attached hydrogens (tertiary/aromatic N) is 1. The summed E-state index contributed by atoms with van der Waals surface area (Å²) in [7, 11) is -4.20. The van der Waals surface area contributed by atoms with Crippen LogP contribution in [0.1, 0.15) is 35.3 Å². The molecule has 0 bridgehead atoms. The van der Waals surface area contributed by atoms with Gasteiger partial charge in [-0.3, -0.25) is 4.98 Å². The van der Waals surface area contributed by atoms with Gasteiger partial charge >= 0.3 is 6.03 Å². The lowest BCUT2D eigenvalue weighted by molar-refractivity contribution is 0.242. The number of amides is 2. The zero-order valence-electron chi connectivity index (χ0n) is 22.2. The van der Waals surface area contributed by atoms with Gasteiger partial charge in [0.2, 0.25) is 0 Å². The number of halogens is 2. The molecule has 4 rings (SSSR count). The topological polar surface area (TPSA) is 97.4 Å². The first-order valence-electron chi connectivity index (χ1n) is 12.6. The third-order valence-electron chi connectivity index (χ3n) is 6.23. The van der Waals surface area contributed by atoms with Crippen LogP contribution in [0.5, 0.6) is 5.75 Å². The van der Waals surface area contributed by atoms with Gasteiger partial charge in [-0.25, -0.2) is 26.7 Å². The summed E-state index contributed by atoms with van der Waals surface area (Å²) in [6.07, 6.45) is 1.47. The number of urea groups is 1. The Kier molecular flexibility index (Phi) is 8.79. The Hall–Kier alpha value is -4.31. The summed E-state index contributed by atoms with van der Waals surface area (Å²) < 4.78 is 61.6. The van der Waals surface area contributed by atoms with Crippen LogP contribution in [-0.4, -0.2) is 26.0 Å². The van der Waals surface area contributed by atoms with E-state index in [9.17, 15) is 22.0 Å². The predicted molar refractivity (Wildman–Crippen MR) is 148 cm³/mol. The van der Waals surface area contributed by atoms with E-state index >= 15 is 0 Å². The van der Waals surface area contributed by atoms with Gasteiger partial charge in [0, 0.05) is 17.8 Å². The van der Waals surface area contributed by atoms with Crippen molar-refractivity contribution in [3.05, 3.63) is 113 Å². The normalized spacial score (nSPS) is 12.0. The monoisotopic (exact) mass is 565 g/mol. The van der Waals surface area contributed by atoms with Gasteiger partial charge in [0.15, 0.2) is 0 Å². The molecule has 0 radical (unpaired) electrons. The maximum atomic E-state index is 14.0. The molecule has 0 saturated carbocycles. The van der Waals surface area contributed by atoms with E-state index in [0.717, 1.165) is 35.1 Å². The molecule has 0 aliphatic carbocycles. The molecule has 0 aliphatic heterocycles. The van der Waals surface area contributed by atoms with E-state index in [1.807, 2.05) is 36.8 Å². The summed E-state index contributed by atoms with van der Waals surface area (Å²) in [5.74, 6) is -0.824. The summed E-state index contributed by atoms with van der Waals surface area (Å²) in [4.78, 5) is 17.5. The minimum Gasteiger partial charge on any atom is -0.494 e. The fourth-order valence-corrected chi connectivity index (χ4v) is 5.64. The molecule has 2 amide bonds. The molecule has 0 saturated heterocycles. The van der Waals surface area contributed by atoms with Crippen LogP contribution in [0.2, 0.25) is 0 Å². The number of benzene rings is 3.